The summed E-state index contributed by atoms with van der Waals surface area (Å²) in [6.07, 6.45) is 2.20. The number of nitrogens with zero attached hydrogens (tertiary/aromatic N) is 1. The molecular formula is C11H25NO2. The van der Waals surface area contributed by atoms with Gasteiger partial charge in [-0.3, -0.25) is 4.79 Å². The first kappa shape index (κ1) is 15.9. The lowest BCUT2D eigenvalue weighted by Gasteiger charge is -2.03. The van der Waals surface area contributed by atoms with Gasteiger partial charge >= 0.3 is 0 Å². The van der Waals surface area contributed by atoms with Crippen LogP contribution in [0.4, 0.5) is 0 Å². The Balaban J connectivity index is 0. The fraction of sp³-hybridized carbons (Fsp3) is 0.909. The van der Waals surface area contributed by atoms with Gasteiger partial charge in [0.25, 0.3) is 0 Å². The molecule has 0 aromatic carbocycles. The summed E-state index contributed by atoms with van der Waals surface area (Å²) in [4.78, 5) is 12.3. The Morgan fingerprint density at radius 3 is 1.86 bits per heavy atom. The van der Waals surface area contributed by atoms with Crippen molar-refractivity contribution >= 4 is 5.91 Å². The van der Waals surface area contributed by atoms with Crippen molar-refractivity contribution in [2.75, 3.05) is 20.7 Å². The molecule has 0 aromatic rings. The van der Waals surface area contributed by atoms with Gasteiger partial charge in [-0.1, -0.05) is 13.8 Å². The second-order valence-corrected chi connectivity index (χ2v) is 3.20. The molecule has 0 bridgehead atoms. The van der Waals surface area contributed by atoms with E-state index in [-0.39, 0.29) is 0 Å². The third kappa shape index (κ3) is 9.52. The van der Waals surface area contributed by atoms with Gasteiger partial charge in [-0.15, -0.1) is 0 Å². The number of ether oxygens (including phenoxy) is 1. The number of amides is 1. The van der Waals surface area contributed by atoms with Crippen molar-refractivity contribution in [1.82, 2.24) is 4.90 Å². The minimum atomic E-state index is 0.292. The summed E-state index contributed by atoms with van der Waals surface area (Å²) in [5, 5.41) is 0. The van der Waals surface area contributed by atoms with E-state index in [4.69, 9.17) is 4.74 Å². The van der Waals surface area contributed by atoms with Crippen LogP contribution in [-0.2, 0) is 9.53 Å². The highest BCUT2D eigenvalue weighted by Crippen LogP contribution is 2.04. The molecule has 0 N–H and O–H groups in total. The van der Waals surface area contributed by atoms with E-state index in [0.29, 0.717) is 12.0 Å². The molecule has 0 radical (unpaired) electrons. The van der Waals surface area contributed by atoms with Crippen molar-refractivity contribution in [3.63, 3.8) is 0 Å². The van der Waals surface area contributed by atoms with Crippen molar-refractivity contribution in [2.24, 2.45) is 0 Å². The molecule has 1 rings (SSSR count). The monoisotopic (exact) mass is 203 g/mol. The first-order valence-corrected chi connectivity index (χ1v) is 5.34. The molecule has 14 heavy (non-hydrogen) atoms. The molecule has 1 heterocycles. The van der Waals surface area contributed by atoms with Gasteiger partial charge in [-0.2, -0.15) is 0 Å². The van der Waals surface area contributed by atoms with Crippen LogP contribution in [0, 0.1) is 0 Å². The minimum absolute atomic E-state index is 0.292. The normalized spacial score (nSPS) is 14.5. The maximum Gasteiger partial charge on any atom is 0.222 e. The van der Waals surface area contributed by atoms with E-state index in [0.717, 1.165) is 19.4 Å². The predicted molar refractivity (Wildman–Crippen MR) is 60.4 cm³/mol. The molecule has 3 heteroatoms. The van der Waals surface area contributed by atoms with Crippen molar-refractivity contribution < 1.29 is 9.53 Å². The quantitative estimate of drug-likeness (QED) is 0.654. The highest BCUT2D eigenvalue weighted by Gasteiger charge is 2.14. The lowest BCUT2D eigenvalue weighted by Crippen LogP contribution is -2.17. The zero-order chi connectivity index (χ0) is 11.6. The predicted octanol–water partition coefficient (Wildman–Crippen LogP) is 2.31. The molecule has 0 spiro atoms. The summed E-state index contributed by atoms with van der Waals surface area (Å²) < 4.78 is 4.75. The van der Waals surface area contributed by atoms with Crippen LogP contribution in [0.1, 0.15) is 40.5 Å². The van der Waals surface area contributed by atoms with E-state index >= 15 is 0 Å². The van der Waals surface area contributed by atoms with Crippen LogP contribution >= 0.6 is 0 Å². The van der Waals surface area contributed by atoms with Crippen LogP contribution in [0.15, 0.2) is 0 Å². The van der Waals surface area contributed by atoms with E-state index < -0.39 is 0 Å². The molecule has 0 aromatic heterocycles. The summed E-state index contributed by atoms with van der Waals surface area (Å²) in [5.41, 5.74) is 0. The molecule has 1 aliphatic heterocycles. The van der Waals surface area contributed by atoms with E-state index in [1.807, 2.05) is 34.7 Å². The van der Waals surface area contributed by atoms with Crippen LogP contribution in [0.3, 0.4) is 0 Å². The third-order valence-electron chi connectivity index (χ3n) is 1.78. The number of rotatable bonds is 1. The Hall–Kier alpha value is -0.570. The Morgan fingerprint density at radius 2 is 1.79 bits per heavy atom. The maximum absolute atomic E-state index is 10.5. The molecule has 86 valence electrons. The van der Waals surface area contributed by atoms with E-state index in [1.165, 1.54) is 0 Å². The summed E-state index contributed by atoms with van der Waals surface area (Å²) in [6.45, 7) is 8.96. The highest BCUT2D eigenvalue weighted by molar-refractivity contribution is 5.77. The largest absolute Gasteiger partial charge is 0.382 e. The Kier molecular flexibility index (Phi) is 11.9. The first-order valence-electron chi connectivity index (χ1n) is 5.34. The molecule has 1 saturated heterocycles. The Morgan fingerprint density at radius 1 is 1.36 bits per heavy atom. The van der Waals surface area contributed by atoms with Gasteiger partial charge < -0.3 is 9.64 Å². The Bertz CT molecular complexity index is 135. The van der Waals surface area contributed by atoms with Gasteiger partial charge in [-0.25, -0.2) is 0 Å². The number of carbonyl (C=O) groups is 1. The zero-order valence-electron chi connectivity index (χ0n) is 10.5. The lowest BCUT2D eigenvalue weighted by atomic mass is 10.4. The van der Waals surface area contributed by atoms with Crippen LogP contribution in [0.25, 0.3) is 0 Å². The van der Waals surface area contributed by atoms with Crippen molar-refractivity contribution in [2.45, 2.75) is 46.6 Å². The topological polar surface area (TPSA) is 29.5 Å². The van der Waals surface area contributed by atoms with Crippen LogP contribution in [0.2, 0.25) is 0 Å². The summed E-state index contributed by atoms with van der Waals surface area (Å²) in [7, 11) is 3.54. The molecule has 1 amide bonds. The highest BCUT2D eigenvalue weighted by atomic mass is 16.5. The number of methoxy groups -OCH3 is 1. The maximum atomic E-state index is 10.5. The number of hydrogen-bond donors (Lipinski definition) is 0. The fourth-order valence-corrected chi connectivity index (χ4v) is 0.783. The smallest absolute Gasteiger partial charge is 0.222 e. The number of carbonyl (C=O) groups excluding carboxylic acids is 1. The van der Waals surface area contributed by atoms with Crippen LogP contribution < -0.4 is 0 Å². The summed E-state index contributed by atoms with van der Waals surface area (Å²) in [6, 6.07) is 0. The molecular weight excluding hydrogens is 178 g/mol. The van der Waals surface area contributed by atoms with Crippen LogP contribution in [0.5, 0.6) is 0 Å². The van der Waals surface area contributed by atoms with Gasteiger partial charge in [0.05, 0.1) is 6.10 Å². The van der Waals surface area contributed by atoms with Gasteiger partial charge in [0.1, 0.15) is 0 Å². The average Bonchev–Trinajstić information content (AvgIpc) is 2.55. The molecule has 0 unspecified atom stereocenters. The first-order chi connectivity index (χ1) is 6.57. The standard InChI is InChI=1S/C5H9NO.C4H10O.C2H6/c1-6-4-2-3-5(6)7;1-4(2)5-3;1-2/h2-4H2,1H3;4H,1-3H3;1-2H3. The summed E-state index contributed by atoms with van der Waals surface area (Å²) >= 11 is 0. The van der Waals surface area contributed by atoms with Crippen LogP contribution in [-0.4, -0.2) is 37.6 Å². The average molecular weight is 203 g/mol. The fourth-order valence-electron chi connectivity index (χ4n) is 0.783. The van der Waals surface area contributed by atoms with Gasteiger partial charge in [0.15, 0.2) is 0 Å². The third-order valence-corrected chi connectivity index (χ3v) is 1.78. The molecule has 0 aliphatic carbocycles. The zero-order valence-corrected chi connectivity index (χ0v) is 10.5. The van der Waals surface area contributed by atoms with Gasteiger partial charge in [-0.05, 0) is 20.3 Å². The Labute approximate surface area is 88.4 Å². The molecule has 0 saturated carbocycles. The second-order valence-electron chi connectivity index (χ2n) is 3.20. The minimum Gasteiger partial charge on any atom is -0.382 e. The molecule has 3 nitrogen and oxygen atoms in total. The van der Waals surface area contributed by atoms with Gasteiger partial charge in [0.2, 0.25) is 5.91 Å². The van der Waals surface area contributed by atoms with E-state index in [9.17, 15) is 4.79 Å². The van der Waals surface area contributed by atoms with E-state index in [2.05, 4.69) is 0 Å². The number of likely N-dealkylation sites (tertiary alicyclic amines) is 1. The molecule has 0 atom stereocenters. The van der Waals surface area contributed by atoms with Crippen molar-refractivity contribution in [3.8, 4) is 0 Å². The molecule has 1 aliphatic rings. The van der Waals surface area contributed by atoms with E-state index in [1.54, 1.807) is 12.0 Å². The second kappa shape index (κ2) is 10.5. The van der Waals surface area contributed by atoms with Gasteiger partial charge in [0, 0.05) is 27.1 Å². The SMILES string of the molecule is CC.CN1CCCC1=O.COC(C)C. The lowest BCUT2D eigenvalue weighted by molar-refractivity contribution is -0.126. The van der Waals surface area contributed by atoms with Crippen molar-refractivity contribution in [3.05, 3.63) is 0 Å². The van der Waals surface area contributed by atoms with Crippen molar-refractivity contribution in [1.29, 1.82) is 0 Å². The number of hydrogen-bond acceptors (Lipinski definition) is 2. The summed E-state index contributed by atoms with van der Waals surface area (Å²) in [5.74, 6) is 0.292. The molecule has 1 fully saturated rings.